The van der Waals surface area contributed by atoms with Gasteiger partial charge >= 0.3 is 0 Å². The zero-order chi connectivity index (χ0) is 15.4. The maximum atomic E-state index is 11.2. The molecule has 1 amide bonds. The molecule has 0 unspecified atom stereocenters. The summed E-state index contributed by atoms with van der Waals surface area (Å²) in [7, 11) is 0. The summed E-state index contributed by atoms with van der Waals surface area (Å²) in [5.41, 5.74) is 0. The molecule has 5 atom stereocenters. The van der Waals surface area contributed by atoms with Crippen LogP contribution >= 0.6 is 0 Å². The molecule has 1 fully saturated rings. The van der Waals surface area contributed by atoms with E-state index in [-0.39, 0.29) is 5.91 Å². The highest BCUT2D eigenvalue weighted by atomic mass is 16.7. The van der Waals surface area contributed by atoms with Crippen LogP contribution in [0.25, 0.3) is 0 Å². The minimum atomic E-state index is -1.32. The number of benzene rings is 1. The number of hydrogen-bond acceptors (Lipinski definition) is 6. The van der Waals surface area contributed by atoms with Gasteiger partial charge in [-0.3, -0.25) is 4.79 Å². The number of carbonyl (C=O) groups excluding carboxylic acids is 1. The number of ether oxygens (including phenoxy) is 2. The highest BCUT2D eigenvalue weighted by molar-refractivity contribution is 5.73. The number of hydrogen-bond donors (Lipinski definition) is 4. The minimum Gasteiger partial charge on any atom is -0.463 e. The van der Waals surface area contributed by atoms with E-state index in [1.54, 1.807) is 24.3 Å². The SMILES string of the molecule is CC(=O)N[C@H]1[C@@H](Oc2ccccc2)O[C@H](CO)[C@H](O)[C@H]1O. The van der Waals surface area contributed by atoms with Gasteiger partial charge in [-0.25, -0.2) is 0 Å². The summed E-state index contributed by atoms with van der Waals surface area (Å²) in [5, 5.41) is 31.7. The zero-order valence-electron chi connectivity index (χ0n) is 11.5. The van der Waals surface area contributed by atoms with Crippen LogP contribution in [0, 0.1) is 0 Å². The number of rotatable bonds is 4. The average molecular weight is 297 g/mol. The molecule has 1 heterocycles. The number of aliphatic hydroxyl groups excluding tert-OH is 3. The molecule has 0 aromatic heterocycles. The van der Waals surface area contributed by atoms with Crippen molar-refractivity contribution in [1.29, 1.82) is 0 Å². The Morgan fingerprint density at radius 2 is 1.95 bits per heavy atom. The van der Waals surface area contributed by atoms with Gasteiger partial charge in [0.1, 0.15) is 30.1 Å². The second kappa shape index (κ2) is 6.86. The Hall–Kier alpha value is -1.67. The molecule has 1 aliphatic heterocycles. The standard InChI is InChI=1S/C14H19NO6/c1-8(17)15-11-13(19)12(18)10(7-16)21-14(11)20-9-5-3-2-4-6-9/h2-6,10-14,16,18-19H,7H2,1H3,(H,15,17)/t10-,11-,12+,13+,14+/m1/s1. The molecule has 1 aromatic carbocycles. The first kappa shape index (κ1) is 15.7. The Labute approximate surface area is 122 Å². The Morgan fingerprint density at radius 1 is 1.29 bits per heavy atom. The highest BCUT2D eigenvalue weighted by Crippen LogP contribution is 2.24. The topological polar surface area (TPSA) is 108 Å². The van der Waals surface area contributed by atoms with Crippen molar-refractivity contribution in [3.63, 3.8) is 0 Å². The first-order valence-electron chi connectivity index (χ1n) is 6.64. The molecule has 0 saturated carbocycles. The molecule has 0 radical (unpaired) electrons. The Kier molecular flexibility index (Phi) is 5.13. The lowest BCUT2D eigenvalue weighted by Gasteiger charge is -2.42. The predicted molar refractivity (Wildman–Crippen MR) is 72.4 cm³/mol. The highest BCUT2D eigenvalue weighted by Gasteiger charge is 2.45. The van der Waals surface area contributed by atoms with E-state index in [4.69, 9.17) is 9.47 Å². The summed E-state index contributed by atoms with van der Waals surface area (Å²) in [6.07, 6.45) is -4.64. The second-order valence-electron chi connectivity index (χ2n) is 4.86. The van der Waals surface area contributed by atoms with E-state index in [1.807, 2.05) is 6.07 Å². The van der Waals surface area contributed by atoms with Gasteiger partial charge in [-0.2, -0.15) is 0 Å². The molecule has 7 nitrogen and oxygen atoms in total. The lowest BCUT2D eigenvalue weighted by atomic mass is 9.97. The van der Waals surface area contributed by atoms with Crippen molar-refractivity contribution in [2.24, 2.45) is 0 Å². The third-order valence-electron chi connectivity index (χ3n) is 3.25. The van der Waals surface area contributed by atoms with Gasteiger partial charge in [-0.15, -0.1) is 0 Å². The molecule has 0 bridgehead atoms. The van der Waals surface area contributed by atoms with Crippen molar-refractivity contribution in [2.45, 2.75) is 37.6 Å². The van der Waals surface area contributed by atoms with Crippen molar-refractivity contribution in [3.05, 3.63) is 30.3 Å². The first-order chi connectivity index (χ1) is 10.0. The van der Waals surface area contributed by atoms with E-state index in [0.29, 0.717) is 5.75 Å². The van der Waals surface area contributed by atoms with Gasteiger partial charge in [0, 0.05) is 6.92 Å². The minimum absolute atomic E-state index is 0.390. The molecule has 7 heteroatoms. The van der Waals surface area contributed by atoms with Crippen LogP contribution in [0.1, 0.15) is 6.92 Å². The maximum Gasteiger partial charge on any atom is 0.223 e. The van der Waals surface area contributed by atoms with Crippen molar-refractivity contribution in [2.75, 3.05) is 6.61 Å². The van der Waals surface area contributed by atoms with Crippen LogP contribution in [-0.4, -0.2) is 58.5 Å². The van der Waals surface area contributed by atoms with Crippen LogP contribution in [0.3, 0.4) is 0 Å². The predicted octanol–water partition coefficient (Wildman–Crippen LogP) is -0.991. The summed E-state index contributed by atoms with van der Waals surface area (Å²) in [4.78, 5) is 11.2. The molecule has 1 aliphatic rings. The summed E-state index contributed by atoms with van der Waals surface area (Å²) in [5.74, 6) is 0.0945. The van der Waals surface area contributed by atoms with E-state index in [2.05, 4.69) is 5.32 Å². The lowest BCUT2D eigenvalue weighted by Crippen LogP contribution is -2.65. The second-order valence-corrected chi connectivity index (χ2v) is 4.86. The van der Waals surface area contributed by atoms with Gasteiger partial charge in [-0.05, 0) is 12.1 Å². The normalized spacial score (nSPS) is 32.5. The van der Waals surface area contributed by atoms with Crippen molar-refractivity contribution >= 4 is 5.91 Å². The van der Waals surface area contributed by atoms with Crippen LogP contribution in [-0.2, 0) is 9.53 Å². The molecular formula is C14H19NO6. The van der Waals surface area contributed by atoms with Gasteiger partial charge < -0.3 is 30.1 Å². The fraction of sp³-hybridized carbons (Fsp3) is 0.500. The first-order valence-corrected chi connectivity index (χ1v) is 6.64. The van der Waals surface area contributed by atoms with Crippen LogP contribution in [0.15, 0.2) is 30.3 Å². The summed E-state index contributed by atoms with van der Waals surface area (Å²) >= 11 is 0. The van der Waals surface area contributed by atoms with Crippen LogP contribution in [0.5, 0.6) is 5.75 Å². The van der Waals surface area contributed by atoms with Crippen LogP contribution < -0.4 is 10.1 Å². The maximum absolute atomic E-state index is 11.2. The third-order valence-corrected chi connectivity index (χ3v) is 3.25. The van der Waals surface area contributed by atoms with Gasteiger partial charge in [0.2, 0.25) is 12.2 Å². The van der Waals surface area contributed by atoms with E-state index in [1.165, 1.54) is 6.92 Å². The molecule has 0 spiro atoms. The fourth-order valence-electron chi connectivity index (χ4n) is 2.20. The van der Waals surface area contributed by atoms with Crippen molar-refractivity contribution in [3.8, 4) is 5.75 Å². The van der Waals surface area contributed by atoms with Crippen molar-refractivity contribution < 1.29 is 29.6 Å². The van der Waals surface area contributed by atoms with E-state index >= 15 is 0 Å². The average Bonchev–Trinajstić information content (AvgIpc) is 2.47. The molecular weight excluding hydrogens is 278 g/mol. The summed E-state index contributed by atoms with van der Waals surface area (Å²) < 4.78 is 11.0. The molecule has 2 rings (SSSR count). The lowest BCUT2D eigenvalue weighted by molar-refractivity contribution is -0.244. The Balaban J connectivity index is 2.18. The van der Waals surface area contributed by atoms with Crippen molar-refractivity contribution in [1.82, 2.24) is 5.32 Å². The van der Waals surface area contributed by atoms with Crippen LogP contribution in [0.2, 0.25) is 0 Å². The van der Waals surface area contributed by atoms with Crippen LogP contribution in [0.4, 0.5) is 0 Å². The van der Waals surface area contributed by atoms with E-state index in [9.17, 15) is 20.1 Å². The molecule has 1 aromatic rings. The Bertz CT molecular complexity index is 468. The molecule has 116 valence electrons. The largest absolute Gasteiger partial charge is 0.463 e. The van der Waals surface area contributed by atoms with Gasteiger partial charge in [-0.1, -0.05) is 18.2 Å². The number of para-hydroxylation sites is 1. The molecule has 21 heavy (non-hydrogen) atoms. The smallest absolute Gasteiger partial charge is 0.223 e. The molecule has 4 N–H and O–H groups in total. The van der Waals surface area contributed by atoms with Gasteiger partial charge in [0.15, 0.2) is 0 Å². The quantitative estimate of drug-likeness (QED) is 0.568. The monoisotopic (exact) mass is 297 g/mol. The Morgan fingerprint density at radius 3 is 2.52 bits per heavy atom. The van der Waals surface area contributed by atoms with E-state index in [0.717, 1.165) is 0 Å². The van der Waals surface area contributed by atoms with Gasteiger partial charge in [0.25, 0.3) is 0 Å². The summed E-state index contributed by atoms with van der Waals surface area (Å²) in [6.45, 7) is 0.816. The summed E-state index contributed by atoms with van der Waals surface area (Å²) in [6, 6.07) is 7.79. The zero-order valence-corrected chi connectivity index (χ0v) is 11.5. The van der Waals surface area contributed by atoms with Gasteiger partial charge in [0.05, 0.1) is 6.61 Å². The number of carbonyl (C=O) groups is 1. The molecule has 0 aliphatic carbocycles. The number of amides is 1. The number of nitrogens with one attached hydrogen (secondary N) is 1. The third kappa shape index (κ3) is 3.70. The van der Waals surface area contributed by atoms with E-state index < -0.39 is 37.3 Å². The molecule has 1 saturated heterocycles. The number of aliphatic hydroxyl groups is 3. The fourth-order valence-corrected chi connectivity index (χ4v) is 2.20.